The van der Waals surface area contributed by atoms with Crippen molar-refractivity contribution in [3.05, 3.63) is 45.9 Å². The van der Waals surface area contributed by atoms with Gasteiger partial charge in [-0.1, -0.05) is 18.2 Å². The van der Waals surface area contributed by atoms with E-state index >= 15 is 0 Å². The summed E-state index contributed by atoms with van der Waals surface area (Å²) in [4.78, 5) is 18.0. The number of hydrogen-bond donors (Lipinski definition) is 0. The third-order valence-corrected chi connectivity index (χ3v) is 3.80. The fourth-order valence-electron chi connectivity index (χ4n) is 2.03. The van der Waals surface area contributed by atoms with E-state index in [-0.39, 0.29) is 5.91 Å². The van der Waals surface area contributed by atoms with Crippen molar-refractivity contribution in [2.24, 2.45) is 10.2 Å². The lowest BCUT2D eigenvalue weighted by atomic mass is 10.1. The summed E-state index contributed by atoms with van der Waals surface area (Å²) in [5.74, 6) is -0.141. The quantitative estimate of drug-likeness (QED) is 0.627. The average Bonchev–Trinajstić information content (AvgIpc) is 2.97. The van der Waals surface area contributed by atoms with Crippen LogP contribution in [0.15, 0.2) is 39.8 Å². The van der Waals surface area contributed by atoms with Crippen LogP contribution in [0.1, 0.15) is 16.3 Å². The highest BCUT2D eigenvalue weighted by molar-refractivity contribution is 7.09. The number of thiazole rings is 1. The van der Waals surface area contributed by atoms with Crippen molar-refractivity contribution in [1.29, 1.82) is 0 Å². The number of hydrogen-bond acceptors (Lipinski definition) is 5. The molecule has 0 aliphatic carbocycles. The topological polar surface area (TPSA) is 57.9 Å². The Morgan fingerprint density at radius 2 is 2.15 bits per heavy atom. The number of amides is 1. The van der Waals surface area contributed by atoms with Gasteiger partial charge in [-0.15, -0.1) is 16.4 Å². The van der Waals surface area contributed by atoms with Crippen LogP contribution in [0.25, 0.3) is 0 Å². The Labute approximate surface area is 120 Å². The van der Waals surface area contributed by atoms with E-state index in [1.807, 2.05) is 36.6 Å². The summed E-state index contributed by atoms with van der Waals surface area (Å²) in [5, 5.41) is 10.9. The van der Waals surface area contributed by atoms with Crippen molar-refractivity contribution < 1.29 is 4.79 Å². The van der Waals surface area contributed by atoms with Gasteiger partial charge < -0.3 is 4.90 Å². The molecule has 0 atom stereocenters. The van der Waals surface area contributed by atoms with E-state index in [4.69, 9.17) is 0 Å². The first-order chi connectivity index (χ1) is 9.66. The Kier molecular flexibility index (Phi) is 3.15. The number of anilines is 1. The Balaban J connectivity index is 1.92. The first-order valence-electron chi connectivity index (χ1n) is 6.07. The molecule has 0 spiro atoms. The molecule has 20 heavy (non-hydrogen) atoms. The van der Waals surface area contributed by atoms with Gasteiger partial charge in [-0.05, 0) is 13.0 Å². The molecule has 6 heteroatoms. The third kappa shape index (κ3) is 2.14. The standard InChI is InChI=1S/C14H12N4OS/c1-9-16-10(8-20-9)7-15-17-13-11-5-3-4-6-12(11)18(2)14(13)19/h3-8H,1-2H3/b15-7-,17-13+. The highest BCUT2D eigenvalue weighted by Gasteiger charge is 2.30. The van der Waals surface area contributed by atoms with E-state index < -0.39 is 0 Å². The number of likely N-dealkylation sites (N-methyl/N-ethyl adjacent to an activating group) is 1. The lowest BCUT2D eigenvalue weighted by Crippen LogP contribution is -2.25. The number of benzene rings is 1. The van der Waals surface area contributed by atoms with E-state index in [1.54, 1.807) is 29.5 Å². The van der Waals surface area contributed by atoms with E-state index in [0.717, 1.165) is 22.0 Å². The van der Waals surface area contributed by atoms with Gasteiger partial charge in [-0.25, -0.2) is 4.98 Å². The summed E-state index contributed by atoms with van der Waals surface area (Å²) >= 11 is 1.55. The minimum absolute atomic E-state index is 0.141. The zero-order chi connectivity index (χ0) is 14.1. The summed E-state index contributed by atoms with van der Waals surface area (Å²) in [5.41, 5.74) is 2.79. The van der Waals surface area contributed by atoms with Crippen LogP contribution in [0.4, 0.5) is 5.69 Å². The van der Waals surface area contributed by atoms with Crippen LogP contribution < -0.4 is 4.90 Å². The van der Waals surface area contributed by atoms with Crippen LogP contribution in [0, 0.1) is 6.92 Å². The summed E-state index contributed by atoms with van der Waals surface area (Å²) in [6, 6.07) is 7.54. The third-order valence-electron chi connectivity index (χ3n) is 3.01. The van der Waals surface area contributed by atoms with Gasteiger partial charge in [-0.2, -0.15) is 5.10 Å². The van der Waals surface area contributed by atoms with Crippen molar-refractivity contribution in [3.8, 4) is 0 Å². The van der Waals surface area contributed by atoms with Crippen molar-refractivity contribution >= 4 is 34.9 Å². The van der Waals surface area contributed by atoms with E-state index in [2.05, 4.69) is 15.2 Å². The van der Waals surface area contributed by atoms with Gasteiger partial charge >= 0.3 is 0 Å². The highest BCUT2D eigenvalue weighted by atomic mass is 32.1. The summed E-state index contributed by atoms with van der Waals surface area (Å²) in [6.45, 7) is 1.93. The van der Waals surface area contributed by atoms with Crippen LogP contribution in [0.3, 0.4) is 0 Å². The molecular formula is C14H12N4OS. The molecule has 0 radical (unpaired) electrons. The molecule has 0 saturated heterocycles. The summed E-state index contributed by atoms with van der Waals surface area (Å²) < 4.78 is 0. The van der Waals surface area contributed by atoms with Crippen LogP contribution in [-0.4, -0.2) is 29.9 Å². The molecule has 1 aromatic carbocycles. The van der Waals surface area contributed by atoms with Crippen LogP contribution in [0.5, 0.6) is 0 Å². The number of fused-ring (bicyclic) bond motifs is 1. The number of carbonyl (C=O) groups excluding carboxylic acids is 1. The van der Waals surface area contributed by atoms with Crippen molar-refractivity contribution in [2.45, 2.75) is 6.92 Å². The average molecular weight is 284 g/mol. The predicted molar refractivity (Wildman–Crippen MR) is 80.8 cm³/mol. The zero-order valence-electron chi connectivity index (χ0n) is 11.1. The molecule has 5 nitrogen and oxygen atoms in total. The maximum Gasteiger partial charge on any atom is 0.279 e. The second-order valence-corrected chi connectivity index (χ2v) is 5.43. The molecule has 1 aliphatic rings. The summed E-state index contributed by atoms with van der Waals surface area (Å²) in [7, 11) is 1.73. The number of aromatic nitrogens is 1. The first kappa shape index (κ1) is 12.7. The molecule has 0 bridgehead atoms. The normalized spacial score (nSPS) is 16.4. The van der Waals surface area contributed by atoms with Gasteiger partial charge in [0.25, 0.3) is 5.91 Å². The second kappa shape index (κ2) is 4.97. The highest BCUT2D eigenvalue weighted by Crippen LogP contribution is 2.27. The number of rotatable bonds is 2. The predicted octanol–water partition coefficient (Wildman–Crippen LogP) is 2.25. The molecule has 2 heterocycles. The summed E-state index contributed by atoms with van der Waals surface area (Å²) in [6.07, 6.45) is 1.56. The number of para-hydroxylation sites is 1. The SMILES string of the molecule is Cc1nc(/C=N\N=C2\C(=O)N(C)c3ccccc32)cs1. The van der Waals surface area contributed by atoms with Crippen molar-refractivity contribution in [1.82, 2.24) is 4.98 Å². The Morgan fingerprint density at radius 3 is 2.90 bits per heavy atom. The molecule has 0 unspecified atom stereocenters. The maximum absolute atomic E-state index is 12.1. The van der Waals surface area contributed by atoms with Crippen LogP contribution in [-0.2, 0) is 4.79 Å². The maximum atomic E-state index is 12.1. The van der Waals surface area contributed by atoms with Gasteiger partial charge in [0.2, 0.25) is 0 Å². The van der Waals surface area contributed by atoms with Crippen LogP contribution >= 0.6 is 11.3 Å². The lowest BCUT2D eigenvalue weighted by Gasteiger charge is -2.07. The minimum atomic E-state index is -0.141. The second-order valence-electron chi connectivity index (χ2n) is 4.37. The largest absolute Gasteiger partial charge is 0.309 e. The van der Waals surface area contributed by atoms with Gasteiger partial charge in [0.1, 0.15) is 0 Å². The molecule has 2 aromatic rings. The molecule has 3 rings (SSSR count). The molecule has 0 saturated carbocycles. The Morgan fingerprint density at radius 1 is 1.35 bits per heavy atom. The Hall–Kier alpha value is -2.34. The van der Waals surface area contributed by atoms with E-state index in [1.165, 1.54) is 0 Å². The van der Waals surface area contributed by atoms with Gasteiger partial charge in [0, 0.05) is 18.0 Å². The fraction of sp³-hybridized carbons (Fsp3) is 0.143. The Bertz CT molecular complexity index is 732. The number of nitrogens with zero attached hydrogens (tertiary/aromatic N) is 4. The molecule has 1 aromatic heterocycles. The molecule has 100 valence electrons. The molecule has 1 amide bonds. The molecule has 0 fully saturated rings. The van der Waals surface area contributed by atoms with E-state index in [0.29, 0.717) is 5.71 Å². The fourth-order valence-corrected chi connectivity index (χ4v) is 2.59. The van der Waals surface area contributed by atoms with Crippen LogP contribution in [0.2, 0.25) is 0 Å². The molecule has 1 aliphatic heterocycles. The first-order valence-corrected chi connectivity index (χ1v) is 6.95. The molecular weight excluding hydrogens is 272 g/mol. The zero-order valence-corrected chi connectivity index (χ0v) is 11.9. The lowest BCUT2D eigenvalue weighted by molar-refractivity contribution is -0.111. The van der Waals surface area contributed by atoms with Gasteiger partial charge in [-0.3, -0.25) is 4.79 Å². The van der Waals surface area contributed by atoms with E-state index in [9.17, 15) is 4.79 Å². The smallest absolute Gasteiger partial charge is 0.279 e. The minimum Gasteiger partial charge on any atom is -0.309 e. The monoisotopic (exact) mass is 284 g/mol. The van der Waals surface area contributed by atoms with Crippen molar-refractivity contribution in [2.75, 3.05) is 11.9 Å². The number of aryl methyl sites for hydroxylation is 1. The van der Waals surface area contributed by atoms with Crippen molar-refractivity contribution in [3.63, 3.8) is 0 Å². The molecule has 0 N–H and O–H groups in total. The van der Waals surface area contributed by atoms with Gasteiger partial charge in [0.15, 0.2) is 5.71 Å². The number of carbonyl (C=O) groups is 1. The van der Waals surface area contributed by atoms with Gasteiger partial charge in [0.05, 0.1) is 22.6 Å².